The first-order chi connectivity index (χ1) is 10.2. The zero-order valence-corrected chi connectivity index (χ0v) is 12.3. The molecule has 1 fully saturated rings. The first kappa shape index (κ1) is 14.2. The van der Waals surface area contributed by atoms with E-state index >= 15 is 0 Å². The number of amides is 1. The lowest BCUT2D eigenvalue weighted by molar-refractivity contribution is 0.00709. The van der Waals surface area contributed by atoms with Crippen LogP contribution in [0.5, 0.6) is 11.5 Å². The predicted molar refractivity (Wildman–Crippen MR) is 77.7 cm³/mol. The largest absolute Gasteiger partial charge is 0.454 e. The fraction of sp³-hybridized carbons (Fsp3) is 0.562. The molecule has 2 aliphatic heterocycles. The molecule has 1 amide bonds. The third-order valence-corrected chi connectivity index (χ3v) is 4.03. The lowest BCUT2D eigenvalue weighted by atomic mass is 10.1. The van der Waals surface area contributed by atoms with E-state index in [1.165, 1.54) is 6.42 Å². The minimum absolute atomic E-state index is 0.00381. The average molecular weight is 291 g/mol. The van der Waals surface area contributed by atoms with Crippen molar-refractivity contribution >= 4 is 5.91 Å². The number of hydrogen-bond donors (Lipinski definition) is 0. The molecule has 0 bridgehead atoms. The Labute approximate surface area is 124 Å². The Bertz CT molecular complexity index is 511. The van der Waals surface area contributed by atoms with Gasteiger partial charge in [0.05, 0.1) is 6.10 Å². The van der Waals surface area contributed by atoms with E-state index in [1.807, 2.05) is 7.05 Å². The van der Waals surface area contributed by atoms with Crippen molar-refractivity contribution in [3.05, 3.63) is 23.8 Å². The molecule has 1 aromatic carbocycles. The van der Waals surface area contributed by atoms with Gasteiger partial charge in [0.25, 0.3) is 5.91 Å². The molecule has 1 atom stereocenters. The van der Waals surface area contributed by atoms with Gasteiger partial charge in [-0.2, -0.15) is 0 Å². The topological polar surface area (TPSA) is 48.0 Å². The van der Waals surface area contributed by atoms with Gasteiger partial charge in [-0.1, -0.05) is 0 Å². The minimum Gasteiger partial charge on any atom is -0.454 e. The summed E-state index contributed by atoms with van der Waals surface area (Å²) >= 11 is 0. The van der Waals surface area contributed by atoms with Crippen LogP contribution < -0.4 is 9.47 Å². The van der Waals surface area contributed by atoms with Crippen LogP contribution in [0.15, 0.2) is 18.2 Å². The molecule has 0 saturated carbocycles. The van der Waals surface area contributed by atoms with E-state index in [0.29, 0.717) is 29.7 Å². The van der Waals surface area contributed by atoms with Gasteiger partial charge in [0.2, 0.25) is 6.79 Å². The Hall–Kier alpha value is -1.75. The quantitative estimate of drug-likeness (QED) is 0.855. The van der Waals surface area contributed by atoms with Gasteiger partial charge >= 0.3 is 0 Å². The van der Waals surface area contributed by atoms with E-state index in [-0.39, 0.29) is 12.7 Å². The monoisotopic (exact) mass is 291 g/mol. The zero-order valence-electron chi connectivity index (χ0n) is 12.3. The third-order valence-electron chi connectivity index (χ3n) is 4.03. The summed E-state index contributed by atoms with van der Waals surface area (Å²) in [5, 5.41) is 0. The van der Waals surface area contributed by atoms with Gasteiger partial charge in [-0.3, -0.25) is 4.79 Å². The molecule has 1 saturated heterocycles. The average Bonchev–Trinajstić information content (AvgIpc) is 3.00. The Morgan fingerprint density at radius 2 is 2.14 bits per heavy atom. The molecule has 0 aromatic heterocycles. The fourth-order valence-corrected chi connectivity index (χ4v) is 2.72. The van der Waals surface area contributed by atoms with Crippen LogP contribution in [0.3, 0.4) is 0 Å². The molecule has 3 rings (SSSR count). The van der Waals surface area contributed by atoms with Crippen LogP contribution in [0.2, 0.25) is 0 Å². The zero-order chi connectivity index (χ0) is 14.7. The molecular formula is C16H21NO4. The van der Waals surface area contributed by atoms with Gasteiger partial charge in [-0.05, 0) is 43.9 Å². The smallest absolute Gasteiger partial charge is 0.253 e. The molecule has 0 spiro atoms. The Kier molecular flexibility index (Phi) is 4.29. The Morgan fingerprint density at radius 1 is 1.29 bits per heavy atom. The molecule has 0 unspecified atom stereocenters. The van der Waals surface area contributed by atoms with E-state index in [9.17, 15) is 4.79 Å². The van der Waals surface area contributed by atoms with Gasteiger partial charge in [-0.15, -0.1) is 0 Å². The maximum absolute atomic E-state index is 12.4. The summed E-state index contributed by atoms with van der Waals surface area (Å²) < 4.78 is 16.3. The second kappa shape index (κ2) is 6.35. The van der Waals surface area contributed by atoms with Crippen LogP contribution >= 0.6 is 0 Å². The molecule has 2 heterocycles. The van der Waals surface area contributed by atoms with Crippen LogP contribution in [0.1, 0.15) is 36.0 Å². The van der Waals surface area contributed by atoms with Crippen LogP contribution in [-0.2, 0) is 4.74 Å². The number of hydrogen-bond acceptors (Lipinski definition) is 4. The van der Waals surface area contributed by atoms with Gasteiger partial charge in [-0.25, -0.2) is 0 Å². The number of fused-ring (bicyclic) bond motifs is 1. The third kappa shape index (κ3) is 3.29. The summed E-state index contributed by atoms with van der Waals surface area (Å²) in [5.74, 6) is 1.35. The van der Waals surface area contributed by atoms with Crippen molar-refractivity contribution in [1.29, 1.82) is 0 Å². The van der Waals surface area contributed by atoms with E-state index in [0.717, 1.165) is 25.9 Å². The molecule has 1 aromatic rings. The van der Waals surface area contributed by atoms with Crippen molar-refractivity contribution in [2.24, 2.45) is 0 Å². The molecule has 5 nitrogen and oxygen atoms in total. The van der Waals surface area contributed by atoms with Crippen molar-refractivity contribution in [1.82, 2.24) is 4.90 Å². The van der Waals surface area contributed by atoms with E-state index < -0.39 is 0 Å². The van der Waals surface area contributed by atoms with Gasteiger partial charge in [0.15, 0.2) is 11.5 Å². The Balaban J connectivity index is 1.56. The lowest BCUT2D eigenvalue weighted by Gasteiger charge is -2.25. The highest BCUT2D eigenvalue weighted by Crippen LogP contribution is 2.32. The first-order valence-electron chi connectivity index (χ1n) is 7.51. The summed E-state index contributed by atoms with van der Waals surface area (Å²) in [6.07, 6.45) is 4.68. The molecule has 0 radical (unpaired) electrons. The maximum atomic E-state index is 12.4. The van der Waals surface area contributed by atoms with E-state index in [2.05, 4.69) is 0 Å². The normalized spacial score (nSPS) is 20.3. The van der Waals surface area contributed by atoms with Crippen molar-refractivity contribution in [3.63, 3.8) is 0 Å². The van der Waals surface area contributed by atoms with Crippen molar-refractivity contribution in [3.8, 4) is 11.5 Å². The lowest BCUT2D eigenvalue weighted by Crippen LogP contribution is -2.31. The first-order valence-corrected chi connectivity index (χ1v) is 7.51. The highest BCUT2D eigenvalue weighted by atomic mass is 16.7. The number of nitrogens with zero attached hydrogens (tertiary/aromatic N) is 1. The van der Waals surface area contributed by atoms with Crippen LogP contribution in [-0.4, -0.2) is 43.9 Å². The molecular weight excluding hydrogens is 270 g/mol. The SMILES string of the molecule is CN(CC[C@H]1CCCCO1)C(=O)c1ccc2c(c1)OCO2. The minimum atomic E-state index is 0.00381. The second-order valence-electron chi connectivity index (χ2n) is 5.57. The van der Waals surface area contributed by atoms with Crippen LogP contribution in [0.4, 0.5) is 0 Å². The standard InChI is InChI=1S/C16H21NO4/c1-17(8-7-13-4-2-3-9-19-13)16(18)12-5-6-14-15(10-12)21-11-20-14/h5-6,10,13H,2-4,7-9,11H2,1H3/t13-/m1/s1. The molecule has 0 N–H and O–H groups in total. The van der Waals surface area contributed by atoms with Crippen LogP contribution in [0.25, 0.3) is 0 Å². The Morgan fingerprint density at radius 3 is 2.95 bits per heavy atom. The molecule has 2 aliphatic rings. The number of carbonyl (C=O) groups is 1. The molecule has 21 heavy (non-hydrogen) atoms. The predicted octanol–water partition coefficient (Wildman–Crippen LogP) is 2.45. The number of ether oxygens (including phenoxy) is 3. The van der Waals surface area contributed by atoms with Crippen molar-refractivity contribution in [2.75, 3.05) is 27.0 Å². The van der Waals surface area contributed by atoms with Crippen LogP contribution in [0, 0.1) is 0 Å². The number of benzene rings is 1. The fourth-order valence-electron chi connectivity index (χ4n) is 2.72. The van der Waals surface area contributed by atoms with Crippen molar-refractivity contribution in [2.45, 2.75) is 31.8 Å². The summed E-state index contributed by atoms with van der Waals surface area (Å²) in [6, 6.07) is 5.31. The second-order valence-corrected chi connectivity index (χ2v) is 5.57. The molecule has 114 valence electrons. The number of rotatable bonds is 4. The summed E-state index contributed by atoms with van der Waals surface area (Å²) in [7, 11) is 1.83. The highest BCUT2D eigenvalue weighted by Gasteiger charge is 2.20. The van der Waals surface area contributed by atoms with Gasteiger partial charge in [0, 0.05) is 25.8 Å². The highest BCUT2D eigenvalue weighted by molar-refractivity contribution is 5.94. The van der Waals surface area contributed by atoms with Crippen molar-refractivity contribution < 1.29 is 19.0 Å². The summed E-state index contributed by atoms with van der Waals surface area (Å²) in [6.45, 7) is 1.78. The number of carbonyl (C=O) groups excluding carboxylic acids is 1. The van der Waals surface area contributed by atoms with Gasteiger partial charge in [0.1, 0.15) is 0 Å². The molecule has 5 heteroatoms. The maximum Gasteiger partial charge on any atom is 0.253 e. The molecule has 0 aliphatic carbocycles. The van der Waals surface area contributed by atoms with Gasteiger partial charge < -0.3 is 19.1 Å². The van der Waals surface area contributed by atoms with E-state index in [1.54, 1.807) is 23.1 Å². The summed E-state index contributed by atoms with van der Waals surface area (Å²) in [4.78, 5) is 14.2. The summed E-state index contributed by atoms with van der Waals surface area (Å²) in [5.41, 5.74) is 0.631. The van der Waals surface area contributed by atoms with E-state index in [4.69, 9.17) is 14.2 Å².